The van der Waals surface area contributed by atoms with E-state index in [0.717, 1.165) is 12.0 Å². The van der Waals surface area contributed by atoms with Crippen molar-refractivity contribution in [3.05, 3.63) is 12.3 Å². The van der Waals surface area contributed by atoms with Crippen LogP contribution >= 0.6 is 0 Å². The van der Waals surface area contributed by atoms with Crippen LogP contribution in [-0.2, 0) is 0 Å². The summed E-state index contributed by atoms with van der Waals surface area (Å²) in [6, 6.07) is 0.808. The Kier molecular flexibility index (Phi) is 1.54. The molecule has 68 valence electrons. The lowest BCUT2D eigenvalue weighted by Gasteiger charge is -2.42. The molecule has 2 unspecified atom stereocenters. The Labute approximate surface area is 75.4 Å². The van der Waals surface area contributed by atoms with Crippen molar-refractivity contribution in [3.8, 4) is 0 Å². The molecule has 1 saturated heterocycles. The maximum atomic E-state index is 4.21. The average molecular weight is 165 g/mol. The largest absolute Gasteiger partial charge is 0.367 e. The van der Waals surface area contributed by atoms with Crippen molar-refractivity contribution in [3.63, 3.8) is 0 Å². The summed E-state index contributed by atoms with van der Waals surface area (Å²) in [5.41, 5.74) is 1.69. The van der Waals surface area contributed by atoms with Gasteiger partial charge >= 0.3 is 0 Å². The molecule has 1 heterocycles. The topological polar surface area (TPSA) is 3.24 Å². The highest BCUT2D eigenvalue weighted by atomic mass is 15.3. The third kappa shape index (κ3) is 0.988. The molecule has 0 spiro atoms. The van der Waals surface area contributed by atoms with Crippen LogP contribution in [0.15, 0.2) is 12.3 Å². The van der Waals surface area contributed by atoms with Crippen molar-refractivity contribution >= 4 is 0 Å². The zero-order valence-corrected chi connectivity index (χ0v) is 8.43. The molecule has 2 bridgehead atoms. The number of nitrogens with zero attached hydrogens (tertiary/aromatic N) is 1. The Hall–Kier alpha value is -0.460. The zero-order chi connectivity index (χ0) is 8.93. The monoisotopic (exact) mass is 165 g/mol. The van der Waals surface area contributed by atoms with E-state index >= 15 is 0 Å². The first-order chi connectivity index (χ1) is 5.50. The van der Waals surface area contributed by atoms with Crippen molar-refractivity contribution < 1.29 is 0 Å². The van der Waals surface area contributed by atoms with E-state index in [9.17, 15) is 0 Å². The van der Waals surface area contributed by atoms with Crippen LogP contribution < -0.4 is 0 Å². The van der Waals surface area contributed by atoms with E-state index in [1.165, 1.54) is 25.0 Å². The molecule has 0 aromatic heterocycles. The van der Waals surface area contributed by atoms with E-state index in [1.54, 1.807) is 0 Å². The van der Waals surface area contributed by atoms with Crippen LogP contribution in [0.25, 0.3) is 0 Å². The second-order valence-corrected chi connectivity index (χ2v) is 5.20. The molecule has 2 fully saturated rings. The highest BCUT2D eigenvalue weighted by molar-refractivity contribution is 5.17. The van der Waals surface area contributed by atoms with Gasteiger partial charge in [0.15, 0.2) is 0 Å². The number of hydrogen-bond acceptors (Lipinski definition) is 1. The van der Waals surface area contributed by atoms with Gasteiger partial charge in [0.2, 0.25) is 0 Å². The summed E-state index contributed by atoms with van der Waals surface area (Å²) < 4.78 is 0. The molecule has 1 aliphatic carbocycles. The van der Waals surface area contributed by atoms with Crippen molar-refractivity contribution in [1.29, 1.82) is 0 Å². The van der Waals surface area contributed by atoms with E-state index in [-0.39, 0.29) is 5.54 Å². The first-order valence-corrected chi connectivity index (χ1v) is 4.98. The van der Waals surface area contributed by atoms with E-state index in [2.05, 4.69) is 32.3 Å². The fourth-order valence-electron chi connectivity index (χ4n) is 2.90. The van der Waals surface area contributed by atoms with Gasteiger partial charge in [-0.15, -0.1) is 0 Å². The quantitative estimate of drug-likeness (QED) is 0.533. The van der Waals surface area contributed by atoms with Crippen LogP contribution in [0.1, 0.15) is 40.0 Å². The molecule has 1 heteroatoms. The Morgan fingerprint density at radius 3 is 2.33 bits per heavy atom. The molecule has 0 radical (unpaired) electrons. The Morgan fingerprint density at radius 2 is 2.00 bits per heavy atom. The highest BCUT2D eigenvalue weighted by Crippen LogP contribution is 2.47. The molecule has 1 aliphatic heterocycles. The van der Waals surface area contributed by atoms with Crippen molar-refractivity contribution in [2.24, 2.45) is 5.92 Å². The zero-order valence-electron chi connectivity index (χ0n) is 8.43. The van der Waals surface area contributed by atoms with Gasteiger partial charge in [-0.25, -0.2) is 0 Å². The van der Waals surface area contributed by atoms with Crippen molar-refractivity contribution in [1.82, 2.24) is 4.90 Å². The summed E-state index contributed by atoms with van der Waals surface area (Å²) in [7, 11) is 0. The SMILES string of the molecule is C=C1C2CCC(C2)N1C(C)(C)C. The first-order valence-electron chi connectivity index (χ1n) is 4.98. The number of allylic oxidation sites excluding steroid dienone is 1. The average Bonchev–Trinajstić information content (AvgIpc) is 2.42. The lowest BCUT2D eigenvalue weighted by atomic mass is 9.99. The third-order valence-corrected chi connectivity index (χ3v) is 3.27. The molecular weight excluding hydrogens is 146 g/mol. The molecule has 2 aliphatic rings. The molecular formula is C11H19N. The number of rotatable bonds is 0. The molecule has 1 nitrogen and oxygen atoms in total. The fraction of sp³-hybridized carbons (Fsp3) is 0.818. The van der Waals surface area contributed by atoms with Gasteiger partial charge in [-0.05, 0) is 40.0 Å². The fourth-order valence-corrected chi connectivity index (χ4v) is 2.90. The minimum atomic E-state index is 0.289. The number of hydrogen-bond donors (Lipinski definition) is 0. The summed E-state index contributed by atoms with van der Waals surface area (Å²) in [5, 5.41) is 0. The van der Waals surface area contributed by atoms with E-state index in [4.69, 9.17) is 0 Å². The summed E-state index contributed by atoms with van der Waals surface area (Å²) in [6.07, 6.45) is 4.15. The number of piperidine rings is 1. The highest BCUT2D eigenvalue weighted by Gasteiger charge is 2.44. The summed E-state index contributed by atoms with van der Waals surface area (Å²) in [4.78, 5) is 2.54. The second kappa shape index (κ2) is 2.27. The van der Waals surface area contributed by atoms with Crippen LogP contribution in [0.4, 0.5) is 0 Å². The van der Waals surface area contributed by atoms with Gasteiger partial charge in [-0.2, -0.15) is 0 Å². The number of fused-ring (bicyclic) bond motifs is 2. The van der Waals surface area contributed by atoms with Crippen molar-refractivity contribution in [2.75, 3.05) is 0 Å². The summed E-state index contributed by atoms with van der Waals surface area (Å²) in [6.45, 7) is 11.1. The van der Waals surface area contributed by atoms with Crippen molar-refractivity contribution in [2.45, 2.75) is 51.6 Å². The molecule has 12 heavy (non-hydrogen) atoms. The van der Waals surface area contributed by atoms with E-state index in [0.29, 0.717) is 0 Å². The molecule has 2 rings (SSSR count). The minimum Gasteiger partial charge on any atom is -0.367 e. The summed E-state index contributed by atoms with van der Waals surface area (Å²) in [5.74, 6) is 0.814. The maximum absolute atomic E-state index is 4.21. The van der Waals surface area contributed by atoms with Gasteiger partial charge in [0, 0.05) is 23.2 Å². The van der Waals surface area contributed by atoms with Gasteiger partial charge in [-0.1, -0.05) is 6.58 Å². The minimum absolute atomic E-state index is 0.289. The Balaban J connectivity index is 2.23. The lowest BCUT2D eigenvalue weighted by Crippen LogP contribution is -2.44. The van der Waals surface area contributed by atoms with Gasteiger partial charge in [-0.3, -0.25) is 0 Å². The van der Waals surface area contributed by atoms with Crippen LogP contribution in [-0.4, -0.2) is 16.5 Å². The Morgan fingerprint density at radius 1 is 1.33 bits per heavy atom. The van der Waals surface area contributed by atoms with Gasteiger partial charge < -0.3 is 4.90 Å². The van der Waals surface area contributed by atoms with E-state index in [1.807, 2.05) is 0 Å². The van der Waals surface area contributed by atoms with Crippen LogP contribution in [0.5, 0.6) is 0 Å². The summed E-state index contributed by atoms with van der Waals surface area (Å²) >= 11 is 0. The second-order valence-electron chi connectivity index (χ2n) is 5.20. The first kappa shape index (κ1) is 8.15. The molecule has 0 amide bonds. The molecule has 0 aromatic carbocycles. The predicted octanol–water partition coefficient (Wildman–Crippen LogP) is 2.78. The van der Waals surface area contributed by atoms with Gasteiger partial charge in [0.05, 0.1) is 0 Å². The lowest BCUT2D eigenvalue weighted by molar-refractivity contribution is 0.139. The van der Waals surface area contributed by atoms with E-state index < -0.39 is 0 Å². The molecule has 1 saturated carbocycles. The van der Waals surface area contributed by atoms with Gasteiger partial charge in [0.25, 0.3) is 0 Å². The van der Waals surface area contributed by atoms with Crippen LogP contribution in [0.3, 0.4) is 0 Å². The van der Waals surface area contributed by atoms with Crippen LogP contribution in [0, 0.1) is 5.92 Å². The standard InChI is InChI=1S/C11H19N/c1-8-9-5-6-10(7-9)12(8)11(2,3)4/h9-10H,1,5-7H2,2-4H3. The predicted molar refractivity (Wildman–Crippen MR) is 51.9 cm³/mol. The Bertz CT molecular complexity index is 212. The molecule has 0 aromatic rings. The molecule has 2 atom stereocenters. The molecule has 0 N–H and O–H groups in total. The van der Waals surface area contributed by atoms with Gasteiger partial charge in [0.1, 0.15) is 0 Å². The third-order valence-electron chi connectivity index (χ3n) is 3.27. The smallest absolute Gasteiger partial charge is 0.0318 e. The number of likely N-dealkylation sites (tertiary alicyclic amines) is 1. The maximum Gasteiger partial charge on any atom is 0.0318 e. The van der Waals surface area contributed by atoms with Crippen LogP contribution in [0.2, 0.25) is 0 Å². The normalized spacial score (nSPS) is 34.9.